The second kappa shape index (κ2) is 5.27. The first-order chi connectivity index (χ1) is 9.78. The molecule has 1 aromatic carbocycles. The number of benzene rings is 1. The Morgan fingerprint density at radius 1 is 1.05 bits per heavy atom. The highest BCUT2D eigenvalue weighted by Crippen LogP contribution is 2.19. The van der Waals surface area contributed by atoms with Crippen molar-refractivity contribution in [3.63, 3.8) is 0 Å². The average Bonchev–Trinajstić information content (AvgIpc) is 2.98. The maximum absolute atomic E-state index is 9.17. The Bertz CT molecular complexity index is 720. The van der Waals surface area contributed by atoms with Crippen LogP contribution in [-0.2, 0) is 6.61 Å². The van der Waals surface area contributed by atoms with E-state index in [4.69, 9.17) is 0 Å². The summed E-state index contributed by atoms with van der Waals surface area (Å²) in [7, 11) is 0. The van der Waals surface area contributed by atoms with Gasteiger partial charge in [0.05, 0.1) is 12.8 Å². The molecular weight excluding hydrogens is 250 g/mol. The van der Waals surface area contributed by atoms with Crippen molar-refractivity contribution in [3.8, 4) is 16.9 Å². The van der Waals surface area contributed by atoms with Gasteiger partial charge in [0.25, 0.3) is 0 Å². The minimum Gasteiger partial charge on any atom is -0.392 e. The first-order valence-corrected chi connectivity index (χ1v) is 6.46. The molecule has 0 saturated heterocycles. The number of aromatic nitrogens is 3. The summed E-state index contributed by atoms with van der Waals surface area (Å²) >= 11 is 0. The molecule has 0 aliphatic carbocycles. The number of rotatable bonds is 3. The molecule has 0 spiro atoms. The zero-order valence-corrected chi connectivity index (χ0v) is 11.2. The topological polar surface area (TPSA) is 50.9 Å². The van der Waals surface area contributed by atoms with Crippen LogP contribution in [0.25, 0.3) is 16.9 Å². The summed E-state index contributed by atoms with van der Waals surface area (Å²) in [6, 6.07) is 13.8. The molecule has 100 valence electrons. The van der Waals surface area contributed by atoms with Crippen molar-refractivity contribution >= 4 is 0 Å². The van der Waals surface area contributed by atoms with Crippen LogP contribution in [0.3, 0.4) is 0 Å². The first kappa shape index (κ1) is 12.6. The highest BCUT2D eigenvalue weighted by molar-refractivity contribution is 5.61. The third-order valence-electron chi connectivity index (χ3n) is 3.28. The van der Waals surface area contributed by atoms with Crippen molar-refractivity contribution in [2.24, 2.45) is 0 Å². The third kappa shape index (κ3) is 2.33. The van der Waals surface area contributed by atoms with Gasteiger partial charge in [0, 0.05) is 17.5 Å². The molecule has 20 heavy (non-hydrogen) atoms. The fraction of sp³-hybridized carbons (Fsp3) is 0.125. The molecule has 0 radical (unpaired) electrons. The maximum Gasteiger partial charge on any atom is 0.153 e. The van der Waals surface area contributed by atoms with E-state index in [1.807, 2.05) is 49.6 Å². The van der Waals surface area contributed by atoms with E-state index in [0.29, 0.717) is 0 Å². The molecule has 0 saturated carbocycles. The van der Waals surface area contributed by atoms with E-state index in [-0.39, 0.29) is 6.61 Å². The highest BCUT2D eigenvalue weighted by atomic mass is 16.3. The fourth-order valence-corrected chi connectivity index (χ4v) is 2.10. The third-order valence-corrected chi connectivity index (χ3v) is 3.28. The van der Waals surface area contributed by atoms with Crippen molar-refractivity contribution in [1.29, 1.82) is 0 Å². The predicted octanol–water partition coefficient (Wildman–Crippen LogP) is 2.74. The largest absolute Gasteiger partial charge is 0.392 e. The van der Waals surface area contributed by atoms with Crippen molar-refractivity contribution in [3.05, 3.63) is 66.1 Å². The van der Waals surface area contributed by atoms with Gasteiger partial charge in [-0.3, -0.25) is 0 Å². The SMILES string of the molecule is Cc1nc(-n2cc(-c3ccccc3)cn2)ccc1CO. The Kier molecular flexibility index (Phi) is 3.31. The summed E-state index contributed by atoms with van der Waals surface area (Å²) < 4.78 is 1.75. The summed E-state index contributed by atoms with van der Waals surface area (Å²) in [6.45, 7) is 1.89. The molecule has 0 atom stereocenters. The van der Waals surface area contributed by atoms with E-state index in [0.717, 1.165) is 28.2 Å². The van der Waals surface area contributed by atoms with Crippen molar-refractivity contribution < 1.29 is 5.11 Å². The second-order valence-electron chi connectivity index (χ2n) is 4.61. The highest BCUT2D eigenvalue weighted by Gasteiger charge is 2.06. The number of aliphatic hydroxyl groups excluding tert-OH is 1. The minimum absolute atomic E-state index is 0.00743. The molecule has 2 heterocycles. The number of hydrogen-bond acceptors (Lipinski definition) is 3. The van der Waals surface area contributed by atoms with E-state index >= 15 is 0 Å². The predicted molar refractivity (Wildman–Crippen MR) is 77.5 cm³/mol. The fourth-order valence-electron chi connectivity index (χ4n) is 2.10. The van der Waals surface area contributed by atoms with Crippen LogP contribution in [0, 0.1) is 6.92 Å². The molecule has 0 unspecified atom stereocenters. The van der Waals surface area contributed by atoms with Crippen LogP contribution in [0.15, 0.2) is 54.9 Å². The molecule has 4 heteroatoms. The number of pyridine rings is 1. The smallest absolute Gasteiger partial charge is 0.153 e. The molecule has 0 aliphatic rings. The quantitative estimate of drug-likeness (QED) is 0.792. The van der Waals surface area contributed by atoms with Gasteiger partial charge in [0.1, 0.15) is 0 Å². The molecule has 0 fully saturated rings. The van der Waals surface area contributed by atoms with Gasteiger partial charge in [-0.2, -0.15) is 5.10 Å². The number of nitrogens with zero attached hydrogens (tertiary/aromatic N) is 3. The molecule has 1 N–H and O–H groups in total. The van der Waals surface area contributed by atoms with Gasteiger partial charge in [-0.25, -0.2) is 9.67 Å². The lowest BCUT2D eigenvalue weighted by Crippen LogP contribution is -2.01. The minimum atomic E-state index is 0.00743. The number of aryl methyl sites for hydroxylation is 1. The normalized spacial score (nSPS) is 10.7. The van der Waals surface area contributed by atoms with Gasteiger partial charge in [0.15, 0.2) is 5.82 Å². The van der Waals surface area contributed by atoms with E-state index in [1.165, 1.54) is 0 Å². The summed E-state index contributed by atoms with van der Waals surface area (Å²) in [6.07, 6.45) is 3.78. The van der Waals surface area contributed by atoms with Crippen LogP contribution in [0.1, 0.15) is 11.3 Å². The van der Waals surface area contributed by atoms with Crippen LogP contribution in [-0.4, -0.2) is 19.9 Å². The van der Waals surface area contributed by atoms with E-state index < -0.39 is 0 Å². The average molecular weight is 265 g/mol. The summed E-state index contributed by atoms with van der Waals surface area (Å²) in [5, 5.41) is 13.5. The Labute approximate surface area is 117 Å². The Morgan fingerprint density at radius 3 is 2.55 bits per heavy atom. The van der Waals surface area contributed by atoms with Crippen molar-refractivity contribution in [2.45, 2.75) is 13.5 Å². The molecule has 3 rings (SSSR count). The van der Waals surface area contributed by atoms with Gasteiger partial charge in [-0.05, 0) is 24.1 Å². The van der Waals surface area contributed by atoms with Crippen LogP contribution in [0.5, 0.6) is 0 Å². The van der Waals surface area contributed by atoms with Crippen LogP contribution in [0.2, 0.25) is 0 Å². The lowest BCUT2D eigenvalue weighted by Gasteiger charge is -2.05. The summed E-state index contributed by atoms with van der Waals surface area (Å²) in [5.74, 6) is 0.752. The molecule has 0 bridgehead atoms. The zero-order chi connectivity index (χ0) is 13.9. The summed E-state index contributed by atoms with van der Waals surface area (Å²) in [4.78, 5) is 4.46. The monoisotopic (exact) mass is 265 g/mol. The molecule has 4 nitrogen and oxygen atoms in total. The van der Waals surface area contributed by atoms with Gasteiger partial charge >= 0.3 is 0 Å². The van der Waals surface area contributed by atoms with Crippen LogP contribution < -0.4 is 0 Å². The van der Waals surface area contributed by atoms with Gasteiger partial charge in [0.2, 0.25) is 0 Å². The Hall–Kier alpha value is -2.46. The molecule has 3 aromatic rings. The number of aliphatic hydroxyl groups is 1. The van der Waals surface area contributed by atoms with Crippen molar-refractivity contribution in [2.75, 3.05) is 0 Å². The van der Waals surface area contributed by atoms with Gasteiger partial charge in [-0.1, -0.05) is 36.4 Å². The molecule has 2 aromatic heterocycles. The van der Waals surface area contributed by atoms with E-state index in [2.05, 4.69) is 22.2 Å². The maximum atomic E-state index is 9.17. The van der Waals surface area contributed by atoms with Gasteiger partial charge in [-0.15, -0.1) is 0 Å². The standard InChI is InChI=1S/C16H15N3O/c1-12-14(11-20)7-8-16(18-12)19-10-15(9-17-19)13-5-3-2-4-6-13/h2-10,20H,11H2,1H3. The van der Waals surface area contributed by atoms with E-state index in [1.54, 1.807) is 4.68 Å². The van der Waals surface area contributed by atoms with Crippen LogP contribution in [0.4, 0.5) is 0 Å². The van der Waals surface area contributed by atoms with Crippen molar-refractivity contribution in [1.82, 2.24) is 14.8 Å². The lowest BCUT2D eigenvalue weighted by atomic mass is 10.1. The number of hydrogen-bond donors (Lipinski definition) is 1. The lowest BCUT2D eigenvalue weighted by molar-refractivity contribution is 0.280. The van der Waals surface area contributed by atoms with Gasteiger partial charge < -0.3 is 5.11 Å². The Morgan fingerprint density at radius 2 is 1.85 bits per heavy atom. The Balaban J connectivity index is 1.96. The first-order valence-electron chi connectivity index (χ1n) is 6.46. The second-order valence-corrected chi connectivity index (χ2v) is 4.61. The molecular formula is C16H15N3O. The van der Waals surface area contributed by atoms with E-state index in [9.17, 15) is 5.11 Å². The summed E-state index contributed by atoms with van der Waals surface area (Å²) in [5.41, 5.74) is 3.84. The van der Waals surface area contributed by atoms with Crippen LogP contribution >= 0.6 is 0 Å². The molecule has 0 aliphatic heterocycles. The molecule has 0 amide bonds. The zero-order valence-electron chi connectivity index (χ0n) is 11.2.